The van der Waals surface area contributed by atoms with Gasteiger partial charge in [-0.3, -0.25) is 4.79 Å². The molecule has 0 bridgehead atoms. The van der Waals surface area contributed by atoms with Gasteiger partial charge in [0.1, 0.15) is 116 Å². The second-order valence-electron chi connectivity index (χ2n) is 23.7. The molecule has 4 rings (SSSR count). The van der Waals surface area contributed by atoms with Gasteiger partial charge < -0.3 is 139 Å². The molecule has 776 valence electrons. The van der Waals surface area contributed by atoms with Crippen LogP contribution in [0.4, 0.5) is 0 Å². The fraction of sp³-hybridized carbons (Fsp3) is 0.433. The van der Waals surface area contributed by atoms with E-state index in [-0.39, 0.29) is 45.6 Å². The van der Waals surface area contributed by atoms with E-state index in [4.69, 9.17) is 110 Å². The van der Waals surface area contributed by atoms with Gasteiger partial charge in [-0.25, -0.2) is 9.59 Å². The summed E-state index contributed by atoms with van der Waals surface area (Å²) in [5, 5.41) is 32.3. The predicted octanol–water partition coefficient (Wildman–Crippen LogP) is 20.1. The van der Waals surface area contributed by atoms with E-state index in [0.29, 0.717) is 131 Å². The smallest absolute Gasteiger partial charge is 0.333 e. The average molecular weight is 1930 g/mol. The van der Waals surface area contributed by atoms with Crippen LogP contribution in [0.5, 0.6) is 17.2 Å². The van der Waals surface area contributed by atoms with E-state index in [1.165, 1.54) is 111 Å². The summed E-state index contributed by atoms with van der Waals surface area (Å²) < 4.78 is 121. The molecule has 0 saturated heterocycles. The first kappa shape index (κ1) is 146. The number of hydrogen-bond acceptors (Lipinski definition) is 30. The van der Waals surface area contributed by atoms with Crippen molar-refractivity contribution < 1.29 is 153 Å². The molecule has 0 heterocycles. The Morgan fingerprint density at radius 2 is 0.610 bits per heavy atom. The number of rotatable bonds is 67. The number of benzene rings is 4. The minimum absolute atomic E-state index is 0.0337. The van der Waals surface area contributed by atoms with Crippen LogP contribution in [0.1, 0.15) is 79.2 Å². The van der Waals surface area contributed by atoms with Crippen molar-refractivity contribution in [2.24, 2.45) is 0 Å². The first-order valence-corrected chi connectivity index (χ1v) is 43.2. The molecule has 0 amide bonds. The number of ether oxygens (including phenoxy) is 25. The Labute approximate surface area is 814 Å². The zero-order valence-electron chi connectivity index (χ0n) is 83.2. The van der Waals surface area contributed by atoms with Crippen molar-refractivity contribution in [1.82, 2.24) is 0 Å². The third-order valence-corrected chi connectivity index (χ3v) is 12.8. The molecule has 0 fully saturated rings. The highest BCUT2D eigenvalue weighted by Gasteiger charge is 2.03. The molecule has 32 nitrogen and oxygen atoms in total. The molecule has 136 heavy (non-hydrogen) atoms. The van der Waals surface area contributed by atoms with E-state index < -0.39 is 17.9 Å². The summed E-state index contributed by atoms with van der Waals surface area (Å²) >= 11 is 0. The van der Waals surface area contributed by atoms with Gasteiger partial charge in [0.05, 0.1) is 173 Å². The molecule has 4 aromatic carbocycles. The van der Waals surface area contributed by atoms with Gasteiger partial charge in [0.2, 0.25) is 0 Å². The lowest BCUT2D eigenvalue weighted by Gasteiger charge is -2.07. The van der Waals surface area contributed by atoms with Crippen molar-refractivity contribution in [2.45, 2.75) is 86.7 Å². The average Bonchev–Trinajstić information content (AvgIpc) is 0.866. The summed E-state index contributed by atoms with van der Waals surface area (Å²) in [6.45, 7) is 81.8. The number of carboxylic acids is 2. The van der Waals surface area contributed by atoms with Gasteiger partial charge in [0, 0.05) is 52.8 Å². The number of para-hydroxylation sites is 1. The fourth-order valence-corrected chi connectivity index (χ4v) is 6.83. The maximum Gasteiger partial charge on any atom is 0.333 e. The van der Waals surface area contributed by atoms with Crippen LogP contribution < -0.4 is 14.2 Å². The van der Waals surface area contributed by atoms with Crippen LogP contribution in [0.2, 0.25) is 0 Å². The lowest BCUT2D eigenvalue weighted by Crippen LogP contribution is -2.09. The quantitative estimate of drug-likeness (QED) is 0.0138. The number of aliphatic hydroxyl groups excluding tert-OH is 2. The molecular weight excluding hydrogens is 1760 g/mol. The minimum atomic E-state index is -0.933. The van der Waals surface area contributed by atoms with Crippen molar-refractivity contribution in [3.8, 4) is 28.4 Å². The number of aryl methyl sites for hydroxylation is 1. The molecule has 0 atom stereocenters. The predicted molar refractivity (Wildman–Crippen MR) is 542 cm³/mol. The van der Waals surface area contributed by atoms with Crippen LogP contribution in [0.25, 0.3) is 11.1 Å². The summed E-state index contributed by atoms with van der Waals surface area (Å²) in [6.07, 6.45) is 24.8. The van der Waals surface area contributed by atoms with Crippen molar-refractivity contribution in [3.05, 3.63) is 320 Å². The van der Waals surface area contributed by atoms with Crippen molar-refractivity contribution in [1.29, 1.82) is 0 Å². The van der Waals surface area contributed by atoms with Gasteiger partial charge in [0.25, 0.3) is 0 Å². The zero-order chi connectivity index (χ0) is 104. The minimum Gasteiger partial charge on any atom is -0.505 e. The molecular formula is C104H168O32. The second-order valence-corrected chi connectivity index (χ2v) is 23.7. The SMILES string of the molecule is C=COC.C=COC(C)C.C=COCCC(=O)O.C=COCCCCOCC.C=COCCCCOCC(=O)O.C=COCCO.C=COCCO.C=COCCOC.C=COCCOC.C=COCCOC(=O)C(=C)C.C=COCCOCC.C=COCCOCC.C=COCCOc1ccc(-c2ccccc2)cc1.C=COCCOc1ccc(C)cc1.C=COCCOc1ccccc1. The lowest BCUT2D eigenvalue weighted by atomic mass is 10.1. The Hall–Kier alpha value is -12.8. The maximum absolute atomic E-state index is 10.7. The molecule has 0 unspecified atom stereocenters. The summed E-state index contributed by atoms with van der Waals surface area (Å²) in [5.74, 6) is 0.410. The van der Waals surface area contributed by atoms with Crippen LogP contribution in [0.3, 0.4) is 0 Å². The van der Waals surface area contributed by atoms with Crippen molar-refractivity contribution in [2.75, 3.05) is 213 Å². The monoisotopic (exact) mass is 1930 g/mol. The van der Waals surface area contributed by atoms with Crippen LogP contribution >= 0.6 is 0 Å². The summed E-state index contributed by atoms with van der Waals surface area (Å²) in [6, 6.07) is 35.9. The summed E-state index contributed by atoms with van der Waals surface area (Å²) in [4.78, 5) is 30.4. The van der Waals surface area contributed by atoms with E-state index in [1.54, 1.807) is 28.3 Å². The first-order valence-electron chi connectivity index (χ1n) is 43.2. The van der Waals surface area contributed by atoms with Crippen molar-refractivity contribution >= 4 is 17.9 Å². The molecule has 0 saturated carbocycles. The highest BCUT2D eigenvalue weighted by Crippen LogP contribution is 2.22. The molecule has 4 aromatic rings. The topological polar surface area (TPSA) is 363 Å². The van der Waals surface area contributed by atoms with Gasteiger partial charge in [0.15, 0.2) is 0 Å². The highest BCUT2D eigenvalue weighted by molar-refractivity contribution is 5.86. The second kappa shape index (κ2) is 143. The lowest BCUT2D eigenvalue weighted by molar-refractivity contribution is -0.142. The van der Waals surface area contributed by atoms with E-state index in [1.807, 2.05) is 126 Å². The van der Waals surface area contributed by atoms with Crippen LogP contribution in [0.15, 0.2) is 314 Å². The number of methoxy groups -OCH3 is 3. The largest absolute Gasteiger partial charge is 0.505 e. The molecule has 4 N–H and O–H groups in total. The number of carbonyl (C=O) groups excluding carboxylic acids is 1. The normalized spacial score (nSPS) is 8.68. The number of aliphatic carboxylic acids is 2. The van der Waals surface area contributed by atoms with Gasteiger partial charge in [-0.05, 0) is 122 Å². The van der Waals surface area contributed by atoms with Gasteiger partial charge in [-0.1, -0.05) is 184 Å². The highest BCUT2D eigenvalue weighted by atomic mass is 16.6. The third kappa shape index (κ3) is 161. The first-order chi connectivity index (χ1) is 66.0. The Kier molecular flexibility index (Phi) is 153. The summed E-state index contributed by atoms with van der Waals surface area (Å²) in [7, 11) is 4.83. The van der Waals surface area contributed by atoms with E-state index in [0.717, 1.165) is 76.0 Å². The van der Waals surface area contributed by atoms with Crippen molar-refractivity contribution in [3.63, 3.8) is 0 Å². The number of carbonyl (C=O) groups is 3. The van der Waals surface area contributed by atoms with Gasteiger partial charge in [-0.2, -0.15) is 0 Å². The Balaban J connectivity index is -0.000000139. The molecule has 32 heteroatoms. The molecule has 0 aromatic heterocycles. The van der Waals surface area contributed by atoms with Gasteiger partial charge >= 0.3 is 17.9 Å². The van der Waals surface area contributed by atoms with Gasteiger partial charge in [-0.15, -0.1) is 0 Å². The summed E-state index contributed by atoms with van der Waals surface area (Å²) in [5.41, 5.74) is 4.02. The molecule has 0 aliphatic heterocycles. The molecule has 0 aliphatic carbocycles. The Morgan fingerprint density at radius 3 is 0.904 bits per heavy atom. The molecule has 0 spiro atoms. The van der Waals surface area contributed by atoms with Crippen LogP contribution in [0, 0.1) is 6.92 Å². The standard InChI is InChI=1S/C16H16O2.C11H14O2.C10H12O2.C8H14O4.C8H12O3.C8H16O2.2C6H12O2.C5H8O3.2C5H10O2.C5H10O.2C4H8O2.C3H6O/c1-2-17-12-13-18-16-10-8-15(9-11-16)14-6-4-3-5-7-14;1-3-12-8-9-13-11-6-4-10(2)5-7-11;1-2-11-8-9-12-10-6-4-3-5-7-10;1-2-11-5-3-4-6-12-7-8(9)10;1-4-10-5-6-11-8(9)7(2)3;1-3-9-7-5-6-8-10-4-2;2*1-3-7-5-6-8-4-2;1-2-8-4-3-5(6)7;2*1-3-7-5-4-6-2;1-4-6-5(2)3;2*1-2-6-4-3-5;1-3-4-2/h2-11H,1,12-13H2;3-7H,1,8-9H2,2H3;2-7H,1,8-9H2;2H,1,3-7H2,(H,9,10);4H,1-2,5-6H2,3H3;3H,1,4-8H2,2H3;2*3H,1,4-6H2,2H3;2H,1,3-4H2,(H,6,7);2*3H,1,4-5H2,2H3;4-5H,1H2,2-3H3;2*2,5H,1,3-4H2;3H,1H2,2H3. The number of esters is 1. The van der Waals surface area contributed by atoms with E-state index in [2.05, 4.69) is 158 Å². The third-order valence-electron chi connectivity index (χ3n) is 12.8. The number of aliphatic hydroxyl groups is 2. The van der Waals surface area contributed by atoms with Crippen LogP contribution in [-0.2, 0) is 119 Å². The zero-order valence-corrected chi connectivity index (χ0v) is 83.2. The van der Waals surface area contributed by atoms with E-state index >= 15 is 0 Å². The maximum atomic E-state index is 10.7. The Morgan fingerprint density at radius 1 is 0.324 bits per heavy atom. The fourth-order valence-electron chi connectivity index (χ4n) is 6.83. The molecule has 0 aliphatic rings. The molecule has 0 radical (unpaired) electrons. The Bertz CT molecular complexity index is 3170. The van der Waals surface area contributed by atoms with Crippen LogP contribution in [-0.4, -0.2) is 257 Å². The van der Waals surface area contributed by atoms with E-state index in [9.17, 15) is 14.4 Å². The number of hydrogen-bond donors (Lipinski definition) is 4. The number of carboxylic acid groups (broad SMARTS) is 2. The number of unbranched alkanes of at least 4 members (excludes halogenated alkanes) is 2.